The highest BCUT2D eigenvalue weighted by atomic mass is 19.1. The molecule has 6 N–H and O–H groups in total. The molecule has 0 aliphatic rings. The van der Waals surface area contributed by atoms with E-state index in [1.807, 2.05) is 133 Å². The molecule has 110 heavy (non-hydrogen) atoms. The van der Waals surface area contributed by atoms with Gasteiger partial charge in [0, 0.05) is 42.9 Å². The predicted octanol–water partition coefficient (Wildman–Crippen LogP) is 13.7. The largest absolute Gasteiger partial charge is 0.497 e. The lowest BCUT2D eigenvalue weighted by Gasteiger charge is -2.07. The van der Waals surface area contributed by atoms with Crippen molar-refractivity contribution < 1.29 is 80.1 Å². The third-order valence-electron chi connectivity index (χ3n) is 15.8. The number of nitrogens with zero attached hydrogens (tertiary/aromatic N) is 8. The number of nitrogens with one attached hydrogen (secondary N) is 3. The molecule has 4 heterocycles. The van der Waals surface area contributed by atoms with Crippen LogP contribution in [0.2, 0.25) is 0 Å². The van der Waals surface area contributed by atoms with Crippen molar-refractivity contribution in [2.45, 2.75) is 59.9 Å². The van der Waals surface area contributed by atoms with Crippen molar-refractivity contribution in [2.24, 2.45) is 0 Å². The molecule has 8 aromatic carbocycles. The number of nitrogens with two attached hydrogens (primary N) is 1. The van der Waals surface area contributed by atoms with E-state index < -0.39 is 24.0 Å². The van der Waals surface area contributed by atoms with Gasteiger partial charge in [0.25, 0.3) is 0 Å². The molecule has 0 radical (unpaired) electrons. The van der Waals surface area contributed by atoms with Crippen molar-refractivity contribution in [1.29, 1.82) is 0 Å². The maximum Gasteiger partial charge on any atom is 0.413 e. The molecule has 574 valence electrons. The second kappa shape index (κ2) is 43.1. The minimum atomic E-state index is -0.667. The molecular weight excluding hydrogens is 1420 g/mol. The fraction of sp³-hybridized carbons (Fsp3) is 0.198. The smallest absolute Gasteiger partial charge is 0.413 e. The van der Waals surface area contributed by atoms with Gasteiger partial charge in [-0.05, 0) is 136 Å². The molecule has 12 aromatic rings. The summed E-state index contributed by atoms with van der Waals surface area (Å²) in [5.41, 5.74) is 14.3. The number of amides is 1. The molecular formula is C81H85F3N12O14. The number of methoxy groups -OCH3 is 7. The number of nitrogen functional groups attached to an aromatic ring is 1. The molecule has 0 aliphatic heterocycles. The first-order chi connectivity index (χ1) is 52.8. The van der Waals surface area contributed by atoms with Crippen LogP contribution in [0.4, 0.5) is 41.2 Å². The number of aromatic nitrogens is 8. The number of aldehydes is 1. The van der Waals surface area contributed by atoms with Gasteiger partial charge in [-0.25, -0.2) is 32.3 Å². The first-order valence-electron chi connectivity index (χ1n) is 33.4. The zero-order valence-electron chi connectivity index (χ0n) is 60.6. The summed E-state index contributed by atoms with van der Waals surface area (Å²) < 4.78 is 84.4. The van der Waals surface area contributed by atoms with E-state index in [2.05, 4.69) is 41.1 Å². The molecule has 1 amide bonds. The Kier molecular flexibility index (Phi) is 32.7. The van der Waals surface area contributed by atoms with Crippen LogP contribution >= 0.6 is 0 Å². The highest BCUT2D eigenvalue weighted by Crippen LogP contribution is 2.22. The molecule has 0 fully saturated rings. The maximum absolute atomic E-state index is 13.0. The van der Waals surface area contributed by atoms with E-state index in [9.17, 15) is 42.3 Å². The highest BCUT2D eigenvalue weighted by Gasteiger charge is 2.20. The van der Waals surface area contributed by atoms with Crippen LogP contribution in [0.15, 0.2) is 224 Å². The normalized spacial score (nSPS) is 10.2. The Balaban J connectivity index is 0.000000197. The summed E-state index contributed by atoms with van der Waals surface area (Å²) in [6, 6.07) is 63.7. The second-order valence-corrected chi connectivity index (χ2v) is 23.3. The molecule has 0 unspecified atom stereocenters. The number of halogens is 3. The van der Waals surface area contributed by atoms with Gasteiger partial charge in [0.15, 0.2) is 5.82 Å². The Bertz CT molecular complexity index is 4830. The van der Waals surface area contributed by atoms with E-state index >= 15 is 0 Å². The average Bonchev–Trinajstić information content (AvgIpc) is 1.70. The van der Waals surface area contributed by atoms with Gasteiger partial charge < -0.3 is 59.4 Å². The standard InChI is InChI=1S/C21H21N3O5.C20H20FN3O3.C19H20FN3O2.C13H15N3O3.C7H5FO.CH4/c1-27-17-10-8-15(9-11-17)13-24-18(20(25)28-2)12-19(23-24)22-21(26)29-14-16-6-4-3-5-7-16;1-26-17-9-5-15(6-10-17)13-24-18(20(25)27-2)11-19(23-24)22-12-14-3-7-16(21)8-4-14;1-25-18-8-4-15(5-9-18)12-23-17(13-24)10-19(22-23)21-11-14-2-6-16(20)7-3-14;1-18-10-5-3-9(4-6-10)8-16-11(13(17)19-2)7-12(14)15-16;8-7-3-1-6(5-9)2-4-7;/h3-12H,13-14H2,1-2H3,(H,22,23,26);3-11H,12-13H2,1-2H3,(H,22,23);2-10,24H,11-13H2,1H3,(H,21,22);3-7H,8H2,1-2H3,(H2,14,15);1-5H;1H4. The van der Waals surface area contributed by atoms with Gasteiger partial charge in [0.2, 0.25) is 0 Å². The molecule has 0 bridgehead atoms. The molecule has 0 saturated heterocycles. The molecule has 0 saturated carbocycles. The molecule has 0 atom stereocenters. The molecule has 0 aliphatic carbocycles. The molecule has 26 nitrogen and oxygen atoms in total. The SMILES string of the molecule is C.COC(=O)c1cc(N)nn1Cc1ccc(OC)cc1.COC(=O)c1cc(NC(=O)OCc2ccccc2)nn1Cc1ccc(OC)cc1.COC(=O)c1cc(NCc2ccc(F)cc2)nn1Cc1ccc(OC)cc1.COc1ccc(Cn2nc(NCc3ccc(F)cc3)cc2CO)cc1.O=Cc1ccc(F)cc1. The third-order valence-corrected chi connectivity index (χ3v) is 15.8. The fourth-order valence-corrected chi connectivity index (χ4v) is 10.0. The van der Waals surface area contributed by atoms with Gasteiger partial charge in [-0.2, -0.15) is 20.4 Å². The molecule has 0 spiro atoms. The topological polar surface area (TPSA) is 313 Å². The van der Waals surface area contributed by atoms with Crippen molar-refractivity contribution in [2.75, 3.05) is 71.5 Å². The van der Waals surface area contributed by atoms with Crippen LogP contribution in [0.25, 0.3) is 0 Å². The summed E-state index contributed by atoms with van der Waals surface area (Å²) in [4.78, 5) is 57.8. The third kappa shape index (κ3) is 26.1. The van der Waals surface area contributed by atoms with Crippen LogP contribution in [-0.4, -0.2) is 124 Å². The zero-order chi connectivity index (χ0) is 78.0. The summed E-state index contributed by atoms with van der Waals surface area (Å²) in [7, 11) is 10.4. The Morgan fingerprint density at radius 1 is 0.418 bits per heavy atom. The van der Waals surface area contributed by atoms with Crippen LogP contribution < -0.4 is 40.6 Å². The predicted molar refractivity (Wildman–Crippen MR) is 408 cm³/mol. The lowest BCUT2D eigenvalue weighted by molar-refractivity contribution is 0.0578. The average molecular weight is 1510 g/mol. The van der Waals surface area contributed by atoms with E-state index in [0.29, 0.717) is 74.1 Å². The fourth-order valence-electron chi connectivity index (χ4n) is 10.0. The van der Waals surface area contributed by atoms with Gasteiger partial charge in [0.05, 0.1) is 88.2 Å². The van der Waals surface area contributed by atoms with Crippen molar-refractivity contribution in [3.8, 4) is 23.0 Å². The Morgan fingerprint density at radius 2 is 0.755 bits per heavy atom. The number of carbonyl (C=O) groups excluding carboxylic acids is 5. The Hall–Kier alpha value is -13.7. The van der Waals surface area contributed by atoms with Crippen LogP contribution in [0.1, 0.15) is 93.9 Å². The first kappa shape index (κ1) is 83.6. The number of hydrogen-bond donors (Lipinski definition) is 5. The van der Waals surface area contributed by atoms with Crippen LogP contribution in [-0.2, 0) is 71.4 Å². The minimum Gasteiger partial charge on any atom is -0.497 e. The number of aliphatic hydroxyl groups is 1. The molecule has 29 heteroatoms. The maximum atomic E-state index is 13.0. The van der Waals surface area contributed by atoms with E-state index in [1.54, 1.807) is 68.1 Å². The van der Waals surface area contributed by atoms with Crippen molar-refractivity contribution in [1.82, 2.24) is 39.1 Å². The number of ether oxygens (including phenoxy) is 8. The lowest BCUT2D eigenvalue weighted by Crippen LogP contribution is -2.14. The van der Waals surface area contributed by atoms with Gasteiger partial charge in [-0.3, -0.25) is 28.8 Å². The number of rotatable bonds is 26. The monoisotopic (exact) mass is 1510 g/mol. The van der Waals surface area contributed by atoms with E-state index in [-0.39, 0.29) is 55.4 Å². The van der Waals surface area contributed by atoms with Gasteiger partial charge in [-0.1, -0.05) is 111 Å². The zero-order valence-corrected chi connectivity index (χ0v) is 60.6. The van der Waals surface area contributed by atoms with Crippen LogP contribution in [0, 0.1) is 17.5 Å². The number of aliphatic hydroxyl groups excluding tert-OH is 1. The number of carbonyl (C=O) groups is 5. The van der Waals surface area contributed by atoms with Crippen LogP contribution in [0.3, 0.4) is 0 Å². The number of esters is 3. The van der Waals surface area contributed by atoms with Crippen LogP contribution in [0.5, 0.6) is 23.0 Å². The molecule has 12 rings (SSSR count). The van der Waals surface area contributed by atoms with Gasteiger partial charge >= 0.3 is 24.0 Å². The number of anilines is 4. The lowest BCUT2D eigenvalue weighted by atomic mass is 10.2. The van der Waals surface area contributed by atoms with Gasteiger partial charge in [0.1, 0.15) is 87.9 Å². The summed E-state index contributed by atoms with van der Waals surface area (Å²) in [5.74, 6) is 2.40. The van der Waals surface area contributed by atoms with Crippen molar-refractivity contribution in [3.05, 3.63) is 309 Å². The quantitative estimate of drug-likeness (QED) is 0.0191. The van der Waals surface area contributed by atoms with E-state index in [0.717, 1.165) is 67.6 Å². The van der Waals surface area contributed by atoms with E-state index in [1.165, 1.54) is 91.4 Å². The van der Waals surface area contributed by atoms with Crippen molar-refractivity contribution in [3.63, 3.8) is 0 Å². The van der Waals surface area contributed by atoms with Crippen molar-refractivity contribution >= 4 is 53.6 Å². The second-order valence-electron chi connectivity index (χ2n) is 23.3. The summed E-state index contributed by atoms with van der Waals surface area (Å²) in [6.45, 7) is 2.74. The summed E-state index contributed by atoms with van der Waals surface area (Å²) in [5, 5.41) is 35.7. The highest BCUT2D eigenvalue weighted by molar-refractivity contribution is 5.91. The van der Waals surface area contributed by atoms with E-state index in [4.69, 9.17) is 38.9 Å². The number of benzene rings is 8. The molecule has 4 aromatic heterocycles. The number of hydrogen-bond acceptors (Lipinski definition) is 21. The Labute approximate surface area is 633 Å². The van der Waals surface area contributed by atoms with Gasteiger partial charge in [-0.15, -0.1) is 0 Å². The minimum absolute atomic E-state index is 0. The first-order valence-corrected chi connectivity index (χ1v) is 33.4. The summed E-state index contributed by atoms with van der Waals surface area (Å²) in [6.07, 6.45) is 0.0127. The summed E-state index contributed by atoms with van der Waals surface area (Å²) >= 11 is 0. The Morgan fingerprint density at radius 3 is 1.14 bits per heavy atom.